The smallest absolute Gasteiger partial charge is 0.325 e. The van der Waals surface area contributed by atoms with Gasteiger partial charge in [-0.15, -0.1) is 0 Å². The molecule has 0 unspecified atom stereocenters. The number of hydrogen-bond acceptors (Lipinski definition) is 2. The number of rotatable bonds is 7. The molecule has 0 bridgehead atoms. The van der Waals surface area contributed by atoms with E-state index in [0.717, 1.165) is 31.6 Å². The van der Waals surface area contributed by atoms with E-state index in [1.807, 2.05) is 35.2 Å². The van der Waals surface area contributed by atoms with Crippen LogP contribution < -0.4 is 4.90 Å². The molecular formula is C17H25N3O2. The molecule has 0 atom stereocenters. The molecule has 1 aromatic rings. The maximum Gasteiger partial charge on any atom is 0.325 e. The van der Waals surface area contributed by atoms with E-state index in [-0.39, 0.29) is 18.5 Å². The number of anilines is 1. The SMILES string of the molecule is CCCN(CCC)C(=O)CN1CCN(c2ccccc2)C1=O. The van der Waals surface area contributed by atoms with E-state index in [9.17, 15) is 9.59 Å². The minimum absolute atomic E-state index is 0.0481. The molecule has 0 aromatic heterocycles. The third kappa shape index (κ3) is 3.78. The molecule has 0 spiro atoms. The van der Waals surface area contributed by atoms with E-state index in [4.69, 9.17) is 0 Å². The quantitative estimate of drug-likeness (QED) is 0.777. The summed E-state index contributed by atoms with van der Waals surface area (Å²) in [6, 6.07) is 9.53. The lowest BCUT2D eigenvalue weighted by Crippen LogP contribution is -2.42. The van der Waals surface area contributed by atoms with E-state index in [1.54, 1.807) is 9.80 Å². The fourth-order valence-corrected chi connectivity index (χ4v) is 2.74. The van der Waals surface area contributed by atoms with Gasteiger partial charge in [0.2, 0.25) is 5.91 Å². The van der Waals surface area contributed by atoms with Gasteiger partial charge in [0.1, 0.15) is 6.54 Å². The van der Waals surface area contributed by atoms with Crippen LogP contribution in [0.1, 0.15) is 26.7 Å². The van der Waals surface area contributed by atoms with Gasteiger partial charge < -0.3 is 9.80 Å². The van der Waals surface area contributed by atoms with E-state index in [0.29, 0.717) is 13.1 Å². The Bertz CT molecular complexity index is 498. The van der Waals surface area contributed by atoms with E-state index < -0.39 is 0 Å². The normalized spacial score (nSPS) is 14.5. The van der Waals surface area contributed by atoms with Crippen LogP contribution in [0, 0.1) is 0 Å². The maximum atomic E-state index is 12.5. The highest BCUT2D eigenvalue weighted by Gasteiger charge is 2.31. The zero-order valence-corrected chi connectivity index (χ0v) is 13.5. The fourth-order valence-electron chi connectivity index (χ4n) is 2.74. The summed E-state index contributed by atoms with van der Waals surface area (Å²) in [6.45, 7) is 7.07. The predicted octanol–water partition coefficient (Wildman–Crippen LogP) is 2.58. The number of hydrogen-bond donors (Lipinski definition) is 0. The lowest BCUT2D eigenvalue weighted by atomic mass is 10.3. The summed E-state index contributed by atoms with van der Waals surface area (Å²) in [5.41, 5.74) is 0.890. The van der Waals surface area contributed by atoms with Gasteiger partial charge in [0.25, 0.3) is 0 Å². The Morgan fingerprint density at radius 3 is 2.32 bits per heavy atom. The first-order valence-electron chi connectivity index (χ1n) is 8.06. The van der Waals surface area contributed by atoms with Gasteiger partial charge in [-0.2, -0.15) is 0 Å². The molecule has 22 heavy (non-hydrogen) atoms. The van der Waals surface area contributed by atoms with Crippen molar-refractivity contribution in [3.63, 3.8) is 0 Å². The third-order valence-electron chi connectivity index (χ3n) is 3.83. The van der Waals surface area contributed by atoms with Crippen molar-refractivity contribution in [1.82, 2.24) is 9.80 Å². The van der Waals surface area contributed by atoms with Gasteiger partial charge in [-0.1, -0.05) is 32.0 Å². The minimum atomic E-state index is -0.0764. The second kappa shape index (κ2) is 7.82. The van der Waals surface area contributed by atoms with Crippen molar-refractivity contribution in [2.75, 3.05) is 37.6 Å². The highest BCUT2D eigenvalue weighted by Crippen LogP contribution is 2.19. The Morgan fingerprint density at radius 1 is 1.09 bits per heavy atom. The summed E-state index contributed by atoms with van der Waals surface area (Å²) in [7, 11) is 0. The summed E-state index contributed by atoms with van der Waals surface area (Å²) in [6.07, 6.45) is 1.88. The molecule has 1 aliphatic heterocycles. The van der Waals surface area contributed by atoms with Crippen LogP contribution in [0.25, 0.3) is 0 Å². The van der Waals surface area contributed by atoms with Crippen molar-refractivity contribution < 1.29 is 9.59 Å². The van der Waals surface area contributed by atoms with Crippen molar-refractivity contribution in [2.45, 2.75) is 26.7 Å². The van der Waals surface area contributed by atoms with Crippen molar-refractivity contribution >= 4 is 17.6 Å². The van der Waals surface area contributed by atoms with Crippen LogP contribution in [0.3, 0.4) is 0 Å². The summed E-state index contributed by atoms with van der Waals surface area (Å²) in [4.78, 5) is 30.1. The van der Waals surface area contributed by atoms with Crippen molar-refractivity contribution in [2.24, 2.45) is 0 Å². The summed E-state index contributed by atoms with van der Waals surface area (Å²) in [5.74, 6) is 0.0481. The summed E-state index contributed by atoms with van der Waals surface area (Å²) < 4.78 is 0. The van der Waals surface area contributed by atoms with Crippen molar-refractivity contribution in [3.8, 4) is 0 Å². The van der Waals surface area contributed by atoms with Gasteiger partial charge in [0.05, 0.1) is 0 Å². The zero-order chi connectivity index (χ0) is 15.9. The molecule has 0 radical (unpaired) electrons. The fraction of sp³-hybridized carbons (Fsp3) is 0.529. The zero-order valence-electron chi connectivity index (χ0n) is 13.5. The number of benzene rings is 1. The van der Waals surface area contributed by atoms with Crippen molar-refractivity contribution in [3.05, 3.63) is 30.3 Å². The van der Waals surface area contributed by atoms with Gasteiger partial charge >= 0.3 is 6.03 Å². The average Bonchev–Trinajstić information content (AvgIpc) is 2.89. The van der Waals surface area contributed by atoms with Gasteiger partial charge in [0.15, 0.2) is 0 Å². The second-order valence-electron chi connectivity index (χ2n) is 5.57. The maximum absolute atomic E-state index is 12.5. The molecular weight excluding hydrogens is 278 g/mol. The number of para-hydroxylation sites is 1. The molecule has 5 heteroatoms. The number of urea groups is 1. The van der Waals surface area contributed by atoms with Crippen LogP contribution in [0.2, 0.25) is 0 Å². The van der Waals surface area contributed by atoms with Crippen LogP contribution in [0.15, 0.2) is 30.3 Å². The monoisotopic (exact) mass is 303 g/mol. The Kier molecular flexibility index (Phi) is 5.81. The summed E-state index contributed by atoms with van der Waals surface area (Å²) >= 11 is 0. The van der Waals surface area contributed by atoms with Gasteiger partial charge in [-0.05, 0) is 25.0 Å². The Morgan fingerprint density at radius 2 is 1.73 bits per heavy atom. The first kappa shape index (κ1) is 16.3. The molecule has 5 nitrogen and oxygen atoms in total. The van der Waals surface area contributed by atoms with E-state index in [2.05, 4.69) is 13.8 Å². The first-order valence-corrected chi connectivity index (χ1v) is 8.06. The second-order valence-corrected chi connectivity index (χ2v) is 5.57. The molecule has 0 saturated carbocycles. The molecule has 1 aromatic carbocycles. The lowest BCUT2D eigenvalue weighted by molar-refractivity contribution is -0.131. The number of amides is 3. The van der Waals surface area contributed by atoms with Gasteiger partial charge in [-0.3, -0.25) is 9.69 Å². The Hall–Kier alpha value is -2.04. The van der Waals surface area contributed by atoms with Crippen molar-refractivity contribution in [1.29, 1.82) is 0 Å². The largest absolute Gasteiger partial charge is 0.341 e. The predicted molar refractivity (Wildman–Crippen MR) is 87.9 cm³/mol. The number of carbonyl (C=O) groups excluding carboxylic acids is 2. The van der Waals surface area contributed by atoms with Crippen LogP contribution in [-0.2, 0) is 4.79 Å². The lowest BCUT2D eigenvalue weighted by Gasteiger charge is -2.24. The number of nitrogens with zero attached hydrogens (tertiary/aromatic N) is 3. The van der Waals surface area contributed by atoms with Gasteiger partial charge in [-0.25, -0.2) is 4.79 Å². The topological polar surface area (TPSA) is 43.9 Å². The molecule has 0 aliphatic carbocycles. The molecule has 1 heterocycles. The Balaban J connectivity index is 1.97. The summed E-state index contributed by atoms with van der Waals surface area (Å²) in [5, 5.41) is 0. The molecule has 0 N–H and O–H groups in total. The van der Waals surface area contributed by atoms with Crippen LogP contribution in [0.4, 0.5) is 10.5 Å². The molecule has 1 saturated heterocycles. The minimum Gasteiger partial charge on any atom is -0.341 e. The third-order valence-corrected chi connectivity index (χ3v) is 3.83. The first-order chi connectivity index (χ1) is 10.7. The van der Waals surface area contributed by atoms with E-state index >= 15 is 0 Å². The molecule has 2 rings (SSSR count). The molecule has 120 valence electrons. The molecule has 3 amide bonds. The Labute approximate surface area is 132 Å². The molecule has 1 aliphatic rings. The average molecular weight is 303 g/mol. The van der Waals surface area contributed by atoms with Crippen LogP contribution in [-0.4, -0.2) is 54.5 Å². The number of carbonyl (C=O) groups is 2. The standard InChI is InChI=1S/C17H25N3O2/c1-3-10-18(11-4-2)16(21)14-19-12-13-20(17(19)22)15-8-6-5-7-9-15/h5-9H,3-4,10-14H2,1-2H3. The van der Waals surface area contributed by atoms with Gasteiger partial charge in [0, 0.05) is 31.9 Å². The highest BCUT2D eigenvalue weighted by molar-refractivity contribution is 5.96. The van der Waals surface area contributed by atoms with Crippen LogP contribution in [0.5, 0.6) is 0 Å². The van der Waals surface area contributed by atoms with E-state index in [1.165, 1.54) is 0 Å². The molecule has 1 fully saturated rings. The highest BCUT2D eigenvalue weighted by atomic mass is 16.2. The van der Waals surface area contributed by atoms with Crippen LogP contribution >= 0.6 is 0 Å².